The maximum absolute atomic E-state index is 12.1. The molecule has 7 nitrogen and oxygen atoms in total. The third-order valence-corrected chi connectivity index (χ3v) is 6.85. The minimum Gasteiger partial charge on any atom is -0.357 e. The molecule has 1 aliphatic carbocycles. The van der Waals surface area contributed by atoms with Crippen LogP contribution >= 0.6 is 0 Å². The van der Waals surface area contributed by atoms with Gasteiger partial charge in [-0.25, -0.2) is 13.1 Å². The highest BCUT2D eigenvalue weighted by Gasteiger charge is 2.25. The Morgan fingerprint density at radius 1 is 1.23 bits per heavy atom. The van der Waals surface area contributed by atoms with Gasteiger partial charge >= 0.3 is 0 Å². The van der Waals surface area contributed by atoms with Gasteiger partial charge in [-0.2, -0.15) is 0 Å². The number of guanidine groups is 1. The molecule has 2 N–H and O–H groups in total. The summed E-state index contributed by atoms with van der Waals surface area (Å²) in [5.41, 5.74) is 0. The Balaban J connectivity index is 1.82. The van der Waals surface area contributed by atoms with Gasteiger partial charge in [-0.15, -0.1) is 0 Å². The molecule has 2 aliphatic rings. The molecule has 1 aliphatic heterocycles. The van der Waals surface area contributed by atoms with E-state index in [4.69, 9.17) is 0 Å². The van der Waals surface area contributed by atoms with E-state index in [-0.39, 0.29) is 12.3 Å². The van der Waals surface area contributed by atoms with Gasteiger partial charge in [-0.1, -0.05) is 13.3 Å². The van der Waals surface area contributed by atoms with Crippen molar-refractivity contribution in [3.63, 3.8) is 0 Å². The molecule has 1 saturated carbocycles. The summed E-state index contributed by atoms with van der Waals surface area (Å²) in [6.45, 7) is 9.07. The van der Waals surface area contributed by atoms with Gasteiger partial charge in [0, 0.05) is 32.7 Å². The predicted molar refractivity (Wildman–Crippen MR) is 108 cm³/mol. The fraction of sp³-hybridized carbons (Fsp3) is 0.944. The van der Waals surface area contributed by atoms with Gasteiger partial charge in [-0.05, 0) is 51.6 Å². The normalized spacial score (nSPS) is 22.4. The van der Waals surface area contributed by atoms with Crippen LogP contribution in [0.15, 0.2) is 4.99 Å². The van der Waals surface area contributed by atoms with E-state index in [0.29, 0.717) is 18.5 Å². The number of nitrogens with zero attached hydrogens (tertiary/aromatic N) is 3. The van der Waals surface area contributed by atoms with Crippen molar-refractivity contribution < 1.29 is 8.42 Å². The van der Waals surface area contributed by atoms with Crippen molar-refractivity contribution in [3.05, 3.63) is 0 Å². The molecule has 0 aromatic heterocycles. The fourth-order valence-electron chi connectivity index (χ4n) is 3.68. The summed E-state index contributed by atoms with van der Waals surface area (Å²) in [6, 6.07) is 0.557. The Morgan fingerprint density at radius 2 is 2.00 bits per heavy atom. The molecule has 0 bridgehead atoms. The molecular formula is C18H37N5O2S. The fourth-order valence-corrected chi connectivity index (χ4v) is 4.64. The first-order valence-corrected chi connectivity index (χ1v) is 11.8. The van der Waals surface area contributed by atoms with E-state index >= 15 is 0 Å². The second kappa shape index (κ2) is 10.5. The summed E-state index contributed by atoms with van der Waals surface area (Å²) < 4.78 is 27.0. The van der Waals surface area contributed by atoms with Gasteiger partial charge in [0.05, 0.1) is 12.3 Å². The molecule has 2 fully saturated rings. The summed E-state index contributed by atoms with van der Waals surface area (Å²) in [5, 5.41) is 3.29. The summed E-state index contributed by atoms with van der Waals surface area (Å²) in [7, 11) is -1.20. The maximum atomic E-state index is 12.1. The van der Waals surface area contributed by atoms with Crippen LogP contribution in [-0.4, -0.2) is 82.3 Å². The van der Waals surface area contributed by atoms with Gasteiger partial charge in [0.25, 0.3) is 0 Å². The third-order valence-electron chi connectivity index (χ3n) is 5.52. The topological polar surface area (TPSA) is 77.0 Å². The molecule has 152 valence electrons. The van der Waals surface area contributed by atoms with Crippen LogP contribution in [0.5, 0.6) is 0 Å². The van der Waals surface area contributed by atoms with Crippen LogP contribution in [0.4, 0.5) is 0 Å². The van der Waals surface area contributed by atoms with Crippen molar-refractivity contribution in [1.29, 1.82) is 0 Å². The first-order chi connectivity index (χ1) is 12.4. The number of hydrogen-bond donors (Lipinski definition) is 2. The summed E-state index contributed by atoms with van der Waals surface area (Å²) in [4.78, 5) is 9.19. The first-order valence-electron chi connectivity index (χ1n) is 10.2. The molecule has 26 heavy (non-hydrogen) atoms. The second-order valence-electron chi connectivity index (χ2n) is 7.51. The summed E-state index contributed by atoms with van der Waals surface area (Å²) in [6.07, 6.45) is 5.99. The van der Waals surface area contributed by atoms with Gasteiger partial charge in [0.1, 0.15) is 0 Å². The highest BCUT2D eigenvalue weighted by Crippen LogP contribution is 2.25. The zero-order valence-corrected chi connectivity index (χ0v) is 17.5. The zero-order chi connectivity index (χ0) is 19.0. The monoisotopic (exact) mass is 387 g/mol. The van der Waals surface area contributed by atoms with E-state index in [1.165, 1.54) is 25.8 Å². The zero-order valence-electron chi connectivity index (χ0n) is 16.7. The average molecular weight is 388 g/mol. The molecule has 1 unspecified atom stereocenters. The lowest BCUT2D eigenvalue weighted by Gasteiger charge is -2.29. The lowest BCUT2D eigenvalue weighted by atomic mass is 9.86. The van der Waals surface area contributed by atoms with Crippen LogP contribution in [-0.2, 0) is 10.0 Å². The van der Waals surface area contributed by atoms with Crippen molar-refractivity contribution in [1.82, 2.24) is 19.8 Å². The Bertz CT molecular complexity index is 548. The number of hydrogen-bond acceptors (Lipinski definition) is 4. The SMILES string of the molecule is CCNC(=NCCS(=O)(=O)NCC1CCC1)N(C)CC1CCCN1CC. The molecule has 0 aromatic rings. The van der Waals surface area contributed by atoms with E-state index in [1.807, 2.05) is 14.0 Å². The third kappa shape index (κ3) is 6.70. The molecular weight excluding hydrogens is 350 g/mol. The molecule has 1 atom stereocenters. The van der Waals surface area contributed by atoms with Crippen molar-refractivity contribution in [3.8, 4) is 0 Å². The van der Waals surface area contributed by atoms with Crippen molar-refractivity contribution in [2.75, 3.05) is 52.1 Å². The van der Waals surface area contributed by atoms with Gasteiger partial charge < -0.3 is 10.2 Å². The van der Waals surface area contributed by atoms with Crippen molar-refractivity contribution in [2.45, 2.75) is 52.0 Å². The van der Waals surface area contributed by atoms with Crippen LogP contribution < -0.4 is 10.0 Å². The molecule has 1 saturated heterocycles. The molecule has 2 rings (SSSR count). The standard InChI is InChI=1S/C18H37N5O2S/c1-4-19-18(22(3)15-17-10-7-12-23(17)5-2)20-11-13-26(24,25)21-14-16-8-6-9-16/h16-17,21H,4-15H2,1-3H3,(H,19,20). The van der Waals surface area contributed by atoms with E-state index in [9.17, 15) is 8.42 Å². The van der Waals surface area contributed by atoms with Gasteiger partial charge in [0.2, 0.25) is 10.0 Å². The number of sulfonamides is 1. The second-order valence-corrected chi connectivity index (χ2v) is 9.43. The van der Waals surface area contributed by atoms with Gasteiger partial charge in [0.15, 0.2) is 5.96 Å². The first kappa shape index (κ1) is 21.4. The van der Waals surface area contributed by atoms with Crippen LogP contribution in [0.2, 0.25) is 0 Å². The molecule has 0 radical (unpaired) electrons. The minimum atomic E-state index is -3.24. The molecule has 8 heteroatoms. The van der Waals surface area contributed by atoms with Crippen LogP contribution in [0, 0.1) is 5.92 Å². The molecule has 0 spiro atoms. The highest BCUT2D eigenvalue weighted by molar-refractivity contribution is 7.89. The largest absolute Gasteiger partial charge is 0.357 e. The average Bonchev–Trinajstić information content (AvgIpc) is 2.99. The summed E-state index contributed by atoms with van der Waals surface area (Å²) >= 11 is 0. The number of aliphatic imine (C=N–C) groups is 1. The molecule has 0 amide bonds. The molecule has 0 aromatic carbocycles. The van der Waals surface area contributed by atoms with E-state index < -0.39 is 10.0 Å². The minimum absolute atomic E-state index is 0.0486. The lowest BCUT2D eigenvalue weighted by molar-refractivity contribution is 0.233. The maximum Gasteiger partial charge on any atom is 0.213 e. The van der Waals surface area contributed by atoms with Crippen molar-refractivity contribution in [2.24, 2.45) is 10.9 Å². The van der Waals surface area contributed by atoms with E-state index in [2.05, 4.69) is 31.8 Å². The predicted octanol–water partition coefficient (Wildman–Crippen LogP) is 1.09. The molecule has 1 heterocycles. The number of nitrogens with one attached hydrogen (secondary N) is 2. The smallest absolute Gasteiger partial charge is 0.213 e. The Morgan fingerprint density at radius 3 is 2.62 bits per heavy atom. The lowest BCUT2D eigenvalue weighted by Crippen LogP contribution is -2.46. The number of likely N-dealkylation sites (tertiary alicyclic amines) is 1. The number of rotatable bonds is 10. The van der Waals surface area contributed by atoms with E-state index in [0.717, 1.165) is 38.4 Å². The van der Waals surface area contributed by atoms with Gasteiger partial charge in [-0.3, -0.25) is 9.89 Å². The Hall–Kier alpha value is -0.860. The van der Waals surface area contributed by atoms with Crippen LogP contribution in [0.3, 0.4) is 0 Å². The number of likely N-dealkylation sites (N-methyl/N-ethyl adjacent to an activating group) is 2. The highest BCUT2D eigenvalue weighted by atomic mass is 32.2. The van der Waals surface area contributed by atoms with E-state index in [1.54, 1.807) is 0 Å². The Kier molecular flexibility index (Phi) is 8.63. The van der Waals surface area contributed by atoms with Crippen molar-refractivity contribution >= 4 is 16.0 Å². The summed E-state index contributed by atoms with van der Waals surface area (Å²) in [5.74, 6) is 1.38. The van der Waals surface area contributed by atoms with Crippen LogP contribution in [0.25, 0.3) is 0 Å². The Labute approximate surface area is 159 Å². The quantitative estimate of drug-likeness (QED) is 0.433. The van der Waals surface area contributed by atoms with Crippen LogP contribution in [0.1, 0.15) is 46.0 Å².